The molecule has 1 unspecified atom stereocenters. The number of piperidine rings is 2. The highest BCUT2D eigenvalue weighted by atomic mass is 16.7. The Morgan fingerprint density at radius 2 is 1.69 bits per heavy atom. The first-order valence-corrected chi connectivity index (χ1v) is 10.7. The number of benzene rings is 1. The van der Waals surface area contributed by atoms with Crippen molar-refractivity contribution in [2.45, 2.75) is 44.1 Å². The van der Waals surface area contributed by atoms with Crippen LogP contribution >= 0.6 is 0 Å². The second-order valence-corrected chi connectivity index (χ2v) is 8.10. The third-order valence-corrected chi connectivity index (χ3v) is 6.22. The maximum absolute atomic E-state index is 13.0. The van der Waals surface area contributed by atoms with Crippen LogP contribution < -0.4 is 10.2 Å². The molecule has 1 aromatic rings. The van der Waals surface area contributed by atoms with Crippen molar-refractivity contribution in [3.8, 4) is 0 Å². The molecule has 172 valence electrons. The molecule has 0 bridgehead atoms. The van der Waals surface area contributed by atoms with E-state index in [1.807, 2.05) is 6.07 Å². The Hall–Kier alpha value is -2.82. The Balaban J connectivity index is 1.41. The maximum Gasteiger partial charge on any atom is 0.262 e. The highest BCUT2D eigenvalue weighted by molar-refractivity contribution is 6.23. The van der Waals surface area contributed by atoms with E-state index >= 15 is 0 Å². The number of imide groups is 2. The zero-order chi connectivity index (χ0) is 22.8. The zero-order valence-corrected chi connectivity index (χ0v) is 18.2. The molecule has 2 saturated heterocycles. The van der Waals surface area contributed by atoms with Crippen molar-refractivity contribution in [3.05, 3.63) is 29.3 Å². The summed E-state index contributed by atoms with van der Waals surface area (Å²) in [5.41, 5.74) is 1.42. The quantitative estimate of drug-likeness (QED) is 0.482. The van der Waals surface area contributed by atoms with Crippen molar-refractivity contribution in [1.82, 2.24) is 10.2 Å². The van der Waals surface area contributed by atoms with Gasteiger partial charge in [0.25, 0.3) is 11.8 Å². The number of carbonyl (C=O) groups is 4. The van der Waals surface area contributed by atoms with Gasteiger partial charge in [0.1, 0.15) is 6.04 Å². The van der Waals surface area contributed by atoms with Gasteiger partial charge in [-0.15, -0.1) is 0 Å². The molecule has 4 rings (SSSR count). The van der Waals surface area contributed by atoms with Crippen molar-refractivity contribution < 1.29 is 33.4 Å². The van der Waals surface area contributed by atoms with Crippen LogP contribution in [0.1, 0.15) is 46.4 Å². The smallest absolute Gasteiger partial charge is 0.262 e. The molecule has 10 nitrogen and oxygen atoms in total. The minimum Gasteiger partial charge on any atom is -0.373 e. The van der Waals surface area contributed by atoms with E-state index in [2.05, 4.69) is 10.2 Å². The number of fused-ring (bicyclic) bond motifs is 1. The van der Waals surface area contributed by atoms with Gasteiger partial charge in [0.05, 0.1) is 23.8 Å². The number of carbonyl (C=O) groups excluding carboxylic acids is 4. The van der Waals surface area contributed by atoms with Crippen LogP contribution in [-0.2, 0) is 23.8 Å². The lowest BCUT2D eigenvalue weighted by molar-refractivity contribution is -0.153. The highest BCUT2D eigenvalue weighted by Gasteiger charge is 2.44. The van der Waals surface area contributed by atoms with Gasteiger partial charge in [-0.25, -0.2) is 0 Å². The molecular formula is C22H27N3O7. The molecule has 0 aliphatic carbocycles. The topological polar surface area (TPSA) is 114 Å². The van der Waals surface area contributed by atoms with Gasteiger partial charge in [0.15, 0.2) is 6.29 Å². The largest absolute Gasteiger partial charge is 0.373 e. The number of nitrogens with one attached hydrogen (secondary N) is 1. The standard InChI is InChI=1S/C22H27N3O7/c1-30-19(31-2)12-32-14-7-9-24(10-8-14)13-3-4-15-16(11-13)22(29)25(21(15)28)17-5-6-18(26)23-20(17)27/h3-4,11,14,17,19H,5-10,12H2,1-2H3,(H,23,26,27). The number of anilines is 1. The number of hydrogen-bond acceptors (Lipinski definition) is 8. The number of nitrogens with zero attached hydrogens (tertiary/aromatic N) is 2. The average Bonchev–Trinajstić information content (AvgIpc) is 3.05. The third kappa shape index (κ3) is 4.25. The van der Waals surface area contributed by atoms with Gasteiger partial charge in [-0.3, -0.25) is 29.4 Å². The summed E-state index contributed by atoms with van der Waals surface area (Å²) < 4.78 is 16.2. The fourth-order valence-corrected chi connectivity index (χ4v) is 4.38. The van der Waals surface area contributed by atoms with E-state index in [4.69, 9.17) is 14.2 Å². The average molecular weight is 445 g/mol. The molecule has 0 spiro atoms. The van der Waals surface area contributed by atoms with Crippen LogP contribution in [0.15, 0.2) is 18.2 Å². The molecule has 1 atom stereocenters. The lowest BCUT2D eigenvalue weighted by Gasteiger charge is -2.34. The van der Waals surface area contributed by atoms with Gasteiger partial charge >= 0.3 is 0 Å². The number of rotatable bonds is 7. The number of ether oxygens (including phenoxy) is 3. The fraction of sp³-hybridized carbons (Fsp3) is 0.545. The van der Waals surface area contributed by atoms with Crippen molar-refractivity contribution in [2.24, 2.45) is 0 Å². The van der Waals surface area contributed by atoms with Crippen molar-refractivity contribution in [2.75, 3.05) is 38.8 Å². The van der Waals surface area contributed by atoms with Gasteiger partial charge in [-0.2, -0.15) is 0 Å². The Morgan fingerprint density at radius 3 is 2.34 bits per heavy atom. The Bertz CT molecular complexity index is 922. The lowest BCUT2D eigenvalue weighted by Crippen LogP contribution is -2.54. The molecule has 32 heavy (non-hydrogen) atoms. The molecule has 0 radical (unpaired) electrons. The van der Waals surface area contributed by atoms with E-state index in [1.165, 1.54) is 0 Å². The van der Waals surface area contributed by atoms with E-state index in [0.29, 0.717) is 12.2 Å². The number of amides is 4. The van der Waals surface area contributed by atoms with E-state index in [1.54, 1.807) is 26.4 Å². The van der Waals surface area contributed by atoms with Crippen LogP contribution in [0, 0.1) is 0 Å². The van der Waals surface area contributed by atoms with Crippen LogP contribution in [0.5, 0.6) is 0 Å². The van der Waals surface area contributed by atoms with Gasteiger partial charge in [0, 0.05) is 39.4 Å². The van der Waals surface area contributed by atoms with Crippen molar-refractivity contribution in [1.29, 1.82) is 0 Å². The molecular weight excluding hydrogens is 418 g/mol. The summed E-state index contributed by atoms with van der Waals surface area (Å²) in [6.07, 6.45) is 1.57. The minimum atomic E-state index is -0.959. The molecule has 1 aromatic carbocycles. The first kappa shape index (κ1) is 22.4. The molecule has 4 amide bonds. The second kappa shape index (κ2) is 9.35. The Labute approximate surface area is 185 Å². The monoisotopic (exact) mass is 445 g/mol. The zero-order valence-electron chi connectivity index (χ0n) is 18.2. The molecule has 0 saturated carbocycles. The van der Waals surface area contributed by atoms with E-state index in [0.717, 1.165) is 36.5 Å². The van der Waals surface area contributed by atoms with Crippen LogP contribution in [0.4, 0.5) is 5.69 Å². The first-order valence-electron chi connectivity index (χ1n) is 10.7. The summed E-state index contributed by atoms with van der Waals surface area (Å²) in [4.78, 5) is 52.6. The summed E-state index contributed by atoms with van der Waals surface area (Å²) in [6.45, 7) is 1.85. The van der Waals surface area contributed by atoms with Gasteiger partial charge < -0.3 is 19.1 Å². The molecule has 2 fully saturated rings. The van der Waals surface area contributed by atoms with Gasteiger partial charge in [-0.05, 0) is 37.5 Å². The van der Waals surface area contributed by atoms with Crippen molar-refractivity contribution in [3.63, 3.8) is 0 Å². The fourth-order valence-electron chi connectivity index (χ4n) is 4.38. The summed E-state index contributed by atoms with van der Waals surface area (Å²) in [5, 5.41) is 2.21. The normalized spacial score (nSPS) is 22.0. The Morgan fingerprint density at radius 1 is 1.00 bits per heavy atom. The summed E-state index contributed by atoms with van der Waals surface area (Å²) in [7, 11) is 3.14. The van der Waals surface area contributed by atoms with Crippen LogP contribution in [0.2, 0.25) is 0 Å². The molecule has 3 aliphatic heterocycles. The van der Waals surface area contributed by atoms with E-state index in [-0.39, 0.29) is 30.8 Å². The minimum absolute atomic E-state index is 0.0969. The molecule has 10 heteroatoms. The highest BCUT2D eigenvalue weighted by Crippen LogP contribution is 2.31. The lowest BCUT2D eigenvalue weighted by atomic mass is 10.0. The Kier molecular flexibility index (Phi) is 6.54. The predicted octanol–water partition coefficient (Wildman–Crippen LogP) is 0.692. The molecule has 1 N–H and O–H groups in total. The van der Waals surface area contributed by atoms with E-state index < -0.39 is 29.7 Å². The third-order valence-electron chi connectivity index (χ3n) is 6.22. The molecule has 3 aliphatic rings. The predicted molar refractivity (Wildman–Crippen MR) is 112 cm³/mol. The second-order valence-electron chi connectivity index (χ2n) is 8.10. The SMILES string of the molecule is COC(COC1CCN(c2ccc3c(c2)C(=O)N(C2CCC(=O)NC2=O)C3=O)CC1)OC. The molecule has 0 aromatic heterocycles. The number of hydrogen-bond donors (Lipinski definition) is 1. The van der Waals surface area contributed by atoms with Crippen LogP contribution in [0.3, 0.4) is 0 Å². The summed E-state index contributed by atoms with van der Waals surface area (Å²) in [6, 6.07) is 4.22. The van der Waals surface area contributed by atoms with Gasteiger partial charge in [0.2, 0.25) is 11.8 Å². The maximum atomic E-state index is 13.0. The van der Waals surface area contributed by atoms with E-state index in [9.17, 15) is 19.2 Å². The van der Waals surface area contributed by atoms with Crippen molar-refractivity contribution >= 4 is 29.3 Å². The number of methoxy groups -OCH3 is 2. The van der Waals surface area contributed by atoms with Crippen LogP contribution in [-0.4, -0.2) is 80.9 Å². The molecule has 3 heterocycles. The van der Waals surface area contributed by atoms with Gasteiger partial charge in [-0.1, -0.05) is 0 Å². The summed E-state index contributed by atoms with van der Waals surface area (Å²) in [5.74, 6) is -1.99. The summed E-state index contributed by atoms with van der Waals surface area (Å²) >= 11 is 0. The van der Waals surface area contributed by atoms with Crippen LogP contribution in [0.25, 0.3) is 0 Å². The first-order chi connectivity index (χ1) is 15.4.